The van der Waals surface area contributed by atoms with Crippen LogP contribution < -0.4 is 5.73 Å². The lowest BCUT2D eigenvalue weighted by Crippen LogP contribution is -2.15. The second kappa shape index (κ2) is 7.16. The van der Waals surface area contributed by atoms with Gasteiger partial charge in [-0.2, -0.15) is 0 Å². The van der Waals surface area contributed by atoms with E-state index in [0.29, 0.717) is 16.1 Å². The van der Waals surface area contributed by atoms with Crippen molar-refractivity contribution in [2.45, 2.75) is 49.7 Å². The summed E-state index contributed by atoms with van der Waals surface area (Å²) in [5.74, 6) is -0.171. The number of esters is 1. The molecule has 3 nitrogen and oxygen atoms in total. The maximum absolute atomic E-state index is 14.1. The van der Waals surface area contributed by atoms with Gasteiger partial charge in [-0.3, -0.25) is 0 Å². The zero-order valence-corrected chi connectivity index (χ0v) is 13.3. The number of ether oxygens (including phenoxy) is 1. The lowest BCUT2D eigenvalue weighted by molar-refractivity contribution is 0.0527. The van der Waals surface area contributed by atoms with E-state index in [4.69, 9.17) is 10.5 Å². The van der Waals surface area contributed by atoms with Crippen LogP contribution in [0.4, 0.5) is 10.1 Å². The highest BCUT2D eigenvalue weighted by molar-refractivity contribution is 8.00. The summed E-state index contributed by atoms with van der Waals surface area (Å²) in [7, 11) is 0. The number of hydrogen-bond donors (Lipinski definition) is 1. The molecule has 1 saturated carbocycles. The SMILES string of the molecule is CCOC(=O)c1cc(SC2CCCC(C)C2)c(F)cc1N. The quantitative estimate of drug-likeness (QED) is 0.667. The van der Waals surface area contributed by atoms with Crippen LogP contribution in [0.15, 0.2) is 17.0 Å². The van der Waals surface area contributed by atoms with E-state index >= 15 is 0 Å². The fraction of sp³-hybridized carbons (Fsp3) is 0.562. The summed E-state index contributed by atoms with van der Waals surface area (Å²) < 4.78 is 19.0. The van der Waals surface area contributed by atoms with Gasteiger partial charge in [0.15, 0.2) is 0 Å². The summed E-state index contributed by atoms with van der Waals surface area (Å²) in [4.78, 5) is 12.3. The monoisotopic (exact) mass is 311 g/mol. The number of halogens is 1. The molecule has 2 unspecified atom stereocenters. The van der Waals surface area contributed by atoms with Crippen molar-refractivity contribution >= 4 is 23.4 Å². The Morgan fingerprint density at radius 1 is 1.48 bits per heavy atom. The fourth-order valence-corrected chi connectivity index (χ4v) is 4.14. The van der Waals surface area contributed by atoms with Gasteiger partial charge in [-0.15, -0.1) is 11.8 Å². The van der Waals surface area contributed by atoms with E-state index < -0.39 is 5.97 Å². The van der Waals surface area contributed by atoms with Crippen LogP contribution in [0.5, 0.6) is 0 Å². The van der Waals surface area contributed by atoms with Crippen molar-refractivity contribution in [3.05, 3.63) is 23.5 Å². The average Bonchev–Trinajstić information content (AvgIpc) is 2.42. The van der Waals surface area contributed by atoms with Crippen LogP contribution in [-0.2, 0) is 4.74 Å². The second-order valence-corrected chi connectivity index (χ2v) is 6.94. The predicted molar refractivity (Wildman–Crippen MR) is 84.0 cm³/mol. The van der Waals surface area contributed by atoms with Crippen molar-refractivity contribution < 1.29 is 13.9 Å². The molecular weight excluding hydrogens is 289 g/mol. The van der Waals surface area contributed by atoms with Crippen LogP contribution in [-0.4, -0.2) is 17.8 Å². The number of thioether (sulfide) groups is 1. The van der Waals surface area contributed by atoms with Gasteiger partial charge in [0.05, 0.1) is 12.2 Å². The first-order chi connectivity index (χ1) is 10.0. The van der Waals surface area contributed by atoms with E-state index in [1.807, 2.05) is 0 Å². The minimum absolute atomic E-state index is 0.132. The Morgan fingerprint density at radius 2 is 2.24 bits per heavy atom. The molecule has 1 aromatic rings. The molecule has 0 saturated heterocycles. The average molecular weight is 311 g/mol. The molecule has 2 atom stereocenters. The summed E-state index contributed by atoms with van der Waals surface area (Å²) in [5.41, 5.74) is 6.11. The molecule has 116 valence electrons. The first-order valence-electron chi connectivity index (χ1n) is 7.44. The molecule has 5 heteroatoms. The van der Waals surface area contributed by atoms with Crippen LogP contribution in [0.2, 0.25) is 0 Å². The van der Waals surface area contributed by atoms with Crippen LogP contribution in [0.3, 0.4) is 0 Å². The number of nitrogens with two attached hydrogens (primary N) is 1. The molecule has 21 heavy (non-hydrogen) atoms. The van der Waals surface area contributed by atoms with Crippen LogP contribution in [0, 0.1) is 11.7 Å². The first-order valence-corrected chi connectivity index (χ1v) is 8.32. The van der Waals surface area contributed by atoms with E-state index in [1.165, 1.54) is 36.7 Å². The van der Waals surface area contributed by atoms with E-state index in [0.717, 1.165) is 12.8 Å². The van der Waals surface area contributed by atoms with Crippen molar-refractivity contribution in [2.75, 3.05) is 12.3 Å². The molecule has 0 aliphatic heterocycles. The normalized spacial score (nSPS) is 22.0. The topological polar surface area (TPSA) is 52.3 Å². The summed E-state index contributed by atoms with van der Waals surface area (Å²) in [6.45, 7) is 4.24. The summed E-state index contributed by atoms with van der Waals surface area (Å²) in [6.07, 6.45) is 4.60. The second-order valence-electron chi connectivity index (χ2n) is 5.60. The van der Waals surface area contributed by atoms with Gasteiger partial charge in [0.1, 0.15) is 5.82 Å². The number of nitrogen functional groups attached to an aromatic ring is 1. The number of anilines is 1. The Balaban J connectivity index is 2.18. The van der Waals surface area contributed by atoms with Gasteiger partial charge in [0.2, 0.25) is 0 Å². The third-order valence-electron chi connectivity index (χ3n) is 3.78. The Bertz CT molecular complexity index is 521. The van der Waals surface area contributed by atoms with Crippen LogP contribution >= 0.6 is 11.8 Å². The number of carbonyl (C=O) groups excluding carboxylic acids is 1. The van der Waals surface area contributed by atoms with E-state index in [9.17, 15) is 9.18 Å². The molecule has 0 aromatic heterocycles. The Labute approximate surface area is 129 Å². The number of hydrogen-bond acceptors (Lipinski definition) is 4. The molecular formula is C16H22FNO2S. The van der Waals surface area contributed by atoms with Gasteiger partial charge in [-0.05, 0) is 37.8 Å². The predicted octanol–water partition coefficient (Wildman–Crippen LogP) is 4.26. The summed E-state index contributed by atoms with van der Waals surface area (Å²) in [5, 5.41) is 0.405. The molecule has 2 N–H and O–H groups in total. The third kappa shape index (κ3) is 4.13. The van der Waals surface area contributed by atoms with Gasteiger partial charge in [-0.1, -0.05) is 19.8 Å². The minimum Gasteiger partial charge on any atom is -0.462 e. The van der Waals surface area contributed by atoms with Gasteiger partial charge in [0.25, 0.3) is 0 Å². The summed E-state index contributed by atoms with van der Waals surface area (Å²) in [6, 6.07) is 2.76. The lowest BCUT2D eigenvalue weighted by Gasteiger charge is -2.26. The zero-order chi connectivity index (χ0) is 15.4. The standard InChI is InChI=1S/C16H22FNO2S/c1-3-20-16(19)12-8-15(13(17)9-14(12)18)21-11-6-4-5-10(2)7-11/h8-11H,3-7,18H2,1-2H3. The molecule has 1 aromatic carbocycles. The van der Waals surface area contributed by atoms with Crippen molar-refractivity contribution in [3.63, 3.8) is 0 Å². The largest absolute Gasteiger partial charge is 0.462 e. The van der Waals surface area contributed by atoms with E-state index in [2.05, 4.69) is 6.92 Å². The van der Waals surface area contributed by atoms with Crippen molar-refractivity contribution in [2.24, 2.45) is 5.92 Å². The molecule has 0 spiro atoms. The Hall–Kier alpha value is -1.23. The maximum Gasteiger partial charge on any atom is 0.340 e. The molecule has 0 bridgehead atoms. The Morgan fingerprint density at radius 3 is 2.90 bits per heavy atom. The number of rotatable bonds is 4. The zero-order valence-electron chi connectivity index (χ0n) is 12.5. The van der Waals surface area contributed by atoms with Crippen molar-refractivity contribution in [1.29, 1.82) is 0 Å². The van der Waals surface area contributed by atoms with Gasteiger partial charge in [-0.25, -0.2) is 9.18 Å². The van der Waals surface area contributed by atoms with E-state index in [-0.39, 0.29) is 23.7 Å². The Kier molecular flexibility index (Phi) is 5.51. The van der Waals surface area contributed by atoms with Crippen molar-refractivity contribution in [1.82, 2.24) is 0 Å². The molecule has 1 aliphatic carbocycles. The highest BCUT2D eigenvalue weighted by atomic mass is 32.2. The van der Waals surface area contributed by atoms with Crippen molar-refractivity contribution in [3.8, 4) is 0 Å². The highest BCUT2D eigenvalue weighted by Crippen LogP contribution is 2.38. The lowest BCUT2D eigenvalue weighted by atomic mass is 9.91. The van der Waals surface area contributed by atoms with Gasteiger partial charge >= 0.3 is 5.97 Å². The molecule has 1 aliphatic rings. The molecule has 1 fully saturated rings. The number of benzene rings is 1. The number of carbonyl (C=O) groups is 1. The van der Waals surface area contributed by atoms with Gasteiger partial charge < -0.3 is 10.5 Å². The highest BCUT2D eigenvalue weighted by Gasteiger charge is 2.22. The molecule has 0 radical (unpaired) electrons. The van der Waals surface area contributed by atoms with Crippen LogP contribution in [0.25, 0.3) is 0 Å². The van der Waals surface area contributed by atoms with E-state index in [1.54, 1.807) is 6.92 Å². The van der Waals surface area contributed by atoms with Crippen LogP contribution in [0.1, 0.15) is 49.9 Å². The smallest absolute Gasteiger partial charge is 0.340 e. The van der Waals surface area contributed by atoms with Gasteiger partial charge in [0, 0.05) is 15.8 Å². The molecule has 2 rings (SSSR count). The molecule has 0 heterocycles. The summed E-state index contributed by atoms with van der Waals surface area (Å²) >= 11 is 1.51. The maximum atomic E-state index is 14.1. The minimum atomic E-state index is -0.492. The third-order valence-corrected chi connectivity index (χ3v) is 5.11. The first kappa shape index (κ1) is 16.1. The molecule has 0 amide bonds. The fourth-order valence-electron chi connectivity index (χ4n) is 2.71.